The molecular formula is C20H27ClN4O. The van der Waals surface area contributed by atoms with Crippen LogP contribution in [0.1, 0.15) is 46.6 Å². The van der Waals surface area contributed by atoms with Gasteiger partial charge in [-0.15, -0.1) is 12.4 Å². The number of fused-ring (bicyclic) bond motifs is 1. The maximum Gasteiger partial charge on any atom is 0.272 e. The Morgan fingerprint density at radius 2 is 2.19 bits per heavy atom. The van der Waals surface area contributed by atoms with Crippen LogP contribution in [-0.2, 0) is 12.8 Å². The number of carbonyl (C=O) groups is 1. The summed E-state index contributed by atoms with van der Waals surface area (Å²) < 4.78 is 1.99. The number of benzene rings is 1. The molecule has 1 aromatic heterocycles. The van der Waals surface area contributed by atoms with E-state index in [2.05, 4.69) is 29.7 Å². The van der Waals surface area contributed by atoms with Crippen molar-refractivity contribution in [2.45, 2.75) is 39.0 Å². The van der Waals surface area contributed by atoms with Crippen molar-refractivity contribution in [3.63, 3.8) is 0 Å². The summed E-state index contributed by atoms with van der Waals surface area (Å²) in [6.07, 6.45) is 5.31. The van der Waals surface area contributed by atoms with Crippen LogP contribution in [0.4, 0.5) is 0 Å². The van der Waals surface area contributed by atoms with E-state index < -0.39 is 0 Å². The molecule has 2 aromatic rings. The zero-order chi connectivity index (χ0) is 17.2. The van der Waals surface area contributed by atoms with Gasteiger partial charge >= 0.3 is 0 Å². The van der Waals surface area contributed by atoms with Crippen LogP contribution in [0, 0.1) is 12.8 Å². The Hall–Kier alpha value is -1.85. The molecule has 1 aliphatic heterocycles. The standard InChI is InChI=1S/C20H26N4O.ClH/c1-14-5-2-3-7-17(14)24-18-8-4-6-16(18)19(23-24)20(25)22-12-10-15-9-11-21-13-15;/h2-3,5,7,15,21H,4,6,8-13H2,1H3,(H,22,25);1H. The minimum atomic E-state index is -0.0172. The van der Waals surface area contributed by atoms with E-state index in [0.29, 0.717) is 11.6 Å². The quantitative estimate of drug-likeness (QED) is 0.846. The third-order valence-corrected chi connectivity index (χ3v) is 5.49. The number of para-hydroxylation sites is 1. The summed E-state index contributed by atoms with van der Waals surface area (Å²) in [7, 11) is 0. The summed E-state index contributed by atoms with van der Waals surface area (Å²) in [5, 5.41) is 11.2. The van der Waals surface area contributed by atoms with Gasteiger partial charge in [0.1, 0.15) is 0 Å². The molecule has 1 saturated heterocycles. The second-order valence-electron chi connectivity index (χ2n) is 7.23. The SMILES string of the molecule is Cc1ccccc1-n1nc(C(=O)NCCC2CCNC2)c2c1CCC2.Cl. The maximum absolute atomic E-state index is 12.7. The summed E-state index contributed by atoms with van der Waals surface area (Å²) in [4.78, 5) is 12.7. The summed E-state index contributed by atoms with van der Waals surface area (Å²) in [6, 6.07) is 8.23. The number of carbonyl (C=O) groups excluding carboxylic acids is 1. The van der Waals surface area contributed by atoms with E-state index in [1.165, 1.54) is 17.7 Å². The van der Waals surface area contributed by atoms with Gasteiger partial charge in [-0.1, -0.05) is 18.2 Å². The molecule has 2 heterocycles. The highest BCUT2D eigenvalue weighted by Gasteiger charge is 2.27. The first-order chi connectivity index (χ1) is 12.2. The first-order valence-corrected chi connectivity index (χ1v) is 9.39. The number of hydrogen-bond acceptors (Lipinski definition) is 3. The van der Waals surface area contributed by atoms with Crippen molar-refractivity contribution in [3.05, 3.63) is 46.8 Å². The van der Waals surface area contributed by atoms with Crippen LogP contribution in [-0.4, -0.2) is 35.3 Å². The number of aromatic nitrogens is 2. The van der Waals surface area contributed by atoms with E-state index >= 15 is 0 Å². The molecular weight excluding hydrogens is 348 g/mol. The van der Waals surface area contributed by atoms with E-state index in [1.807, 2.05) is 16.8 Å². The van der Waals surface area contributed by atoms with E-state index in [1.54, 1.807) is 0 Å². The number of halogens is 1. The fraction of sp³-hybridized carbons (Fsp3) is 0.500. The predicted octanol–water partition coefficient (Wildman–Crippen LogP) is 2.82. The average molecular weight is 375 g/mol. The van der Waals surface area contributed by atoms with Gasteiger partial charge in [0.2, 0.25) is 0 Å². The van der Waals surface area contributed by atoms with Crippen LogP contribution in [0.15, 0.2) is 24.3 Å². The number of aryl methyl sites for hydroxylation is 1. The van der Waals surface area contributed by atoms with Crippen molar-refractivity contribution >= 4 is 18.3 Å². The van der Waals surface area contributed by atoms with Crippen LogP contribution >= 0.6 is 12.4 Å². The Morgan fingerprint density at radius 3 is 2.96 bits per heavy atom. The number of nitrogens with zero attached hydrogens (tertiary/aromatic N) is 2. The Labute approximate surface area is 161 Å². The molecule has 1 amide bonds. The molecule has 26 heavy (non-hydrogen) atoms. The molecule has 1 unspecified atom stereocenters. The lowest BCUT2D eigenvalue weighted by molar-refractivity contribution is 0.0945. The van der Waals surface area contributed by atoms with Crippen LogP contribution in [0.2, 0.25) is 0 Å². The number of amides is 1. The number of hydrogen-bond donors (Lipinski definition) is 2. The van der Waals surface area contributed by atoms with Gasteiger partial charge in [0.15, 0.2) is 5.69 Å². The van der Waals surface area contributed by atoms with E-state index in [-0.39, 0.29) is 18.3 Å². The van der Waals surface area contributed by atoms with Crippen LogP contribution < -0.4 is 10.6 Å². The predicted molar refractivity (Wildman–Crippen MR) is 106 cm³/mol. The first kappa shape index (κ1) is 18.9. The van der Waals surface area contributed by atoms with Crippen LogP contribution in [0.5, 0.6) is 0 Å². The molecule has 4 rings (SSSR count). The fourth-order valence-corrected chi connectivity index (χ4v) is 4.05. The molecule has 2 aliphatic rings. The number of rotatable bonds is 5. The molecule has 1 aliphatic carbocycles. The highest BCUT2D eigenvalue weighted by atomic mass is 35.5. The maximum atomic E-state index is 12.7. The molecule has 1 atom stereocenters. The molecule has 0 saturated carbocycles. The van der Waals surface area contributed by atoms with Crippen molar-refractivity contribution in [3.8, 4) is 5.69 Å². The summed E-state index contributed by atoms with van der Waals surface area (Å²) in [5.74, 6) is 0.673. The topological polar surface area (TPSA) is 59.0 Å². The van der Waals surface area contributed by atoms with Gasteiger partial charge in [0.05, 0.1) is 5.69 Å². The lowest BCUT2D eigenvalue weighted by Crippen LogP contribution is -2.27. The minimum Gasteiger partial charge on any atom is -0.351 e. The minimum absolute atomic E-state index is 0. The molecule has 2 N–H and O–H groups in total. The van der Waals surface area contributed by atoms with Gasteiger partial charge in [-0.05, 0) is 69.7 Å². The first-order valence-electron chi connectivity index (χ1n) is 9.39. The van der Waals surface area contributed by atoms with Gasteiger partial charge in [-0.25, -0.2) is 4.68 Å². The Balaban J connectivity index is 0.00000196. The van der Waals surface area contributed by atoms with Crippen molar-refractivity contribution < 1.29 is 4.79 Å². The molecule has 1 fully saturated rings. The Morgan fingerprint density at radius 1 is 1.35 bits per heavy atom. The molecule has 5 nitrogen and oxygen atoms in total. The van der Waals surface area contributed by atoms with Crippen molar-refractivity contribution in [2.24, 2.45) is 5.92 Å². The normalized spacial score (nSPS) is 18.4. The third kappa shape index (κ3) is 3.64. The molecule has 6 heteroatoms. The van der Waals surface area contributed by atoms with Gasteiger partial charge in [-0.2, -0.15) is 5.10 Å². The van der Waals surface area contributed by atoms with Gasteiger partial charge in [0.25, 0.3) is 5.91 Å². The van der Waals surface area contributed by atoms with Gasteiger partial charge < -0.3 is 10.6 Å². The highest BCUT2D eigenvalue weighted by molar-refractivity contribution is 5.94. The lowest BCUT2D eigenvalue weighted by Gasteiger charge is -2.09. The molecule has 0 radical (unpaired) electrons. The van der Waals surface area contributed by atoms with Crippen molar-refractivity contribution in [1.82, 2.24) is 20.4 Å². The van der Waals surface area contributed by atoms with Gasteiger partial charge in [-0.3, -0.25) is 4.79 Å². The Bertz CT molecular complexity index is 780. The zero-order valence-corrected chi connectivity index (χ0v) is 16.1. The zero-order valence-electron chi connectivity index (χ0n) is 15.3. The molecule has 0 spiro atoms. The fourth-order valence-electron chi connectivity index (χ4n) is 4.05. The number of nitrogens with one attached hydrogen (secondary N) is 2. The van der Waals surface area contributed by atoms with Crippen LogP contribution in [0.25, 0.3) is 5.69 Å². The highest BCUT2D eigenvalue weighted by Crippen LogP contribution is 2.28. The second kappa shape index (κ2) is 8.23. The van der Waals surface area contributed by atoms with E-state index in [9.17, 15) is 4.79 Å². The Kier molecular flexibility index (Phi) is 5.99. The van der Waals surface area contributed by atoms with Gasteiger partial charge in [0, 0.05) is 17.8 Å². The van der Waals surface area contributed by atoms with E-state index in [0.717, 1.165) is 56.6 Å². The smallest absolute Gasteiger partial charge is 0.272 e. The van der Waals surface area contributed by atoms with Crippen molar-refractivity contribution in [2.75, 3.05) is 19.6 Å². The second-order valence-corrected chi connectivity index (χ2v) is 7.23. The average Bonchev–Trinajstić information content (AvgIpc) is 3.33. The summed E-state index contributed by atoms with van der Waals surface area (Å²) in [5.41, 5.74) is 5.24. The van der Waals surface area contributed by atoms with Crippen molar-refractivity contribution in [1.29, 1.82) is 0 Å². The van der Waals surface area contributed by atoms with Crippen LogP contribution in [0.3, 0.4) is 0 Å². The summed E-state index contributed by atoms with van der Waals surface area (Å²) >= 11 is 0. The molecule has 140 valence electrons. The van der Waals surface area contributed by atoms with E-state index in [4.69, 9.17) is 5.10 Å². The molecule has 1 aromatic carbocycles. The lowest BCUT2D eigenvalue weighted by atomic mass is 10.1. The summed E-state index contributed by atoms with van der Waals surface area (Å²) in [6.45, 7) is 5.01. The largest absolute Gasteiger partial charge is 0.351 e. The third-order valence-electron chi connectivity index (χ3n) is 5.49. The molecule has 0 bridgehead atoms. The monoisotopic (exact) mass is 374 g/mol.